The number of likely N-dealkylation sites (N-methyl/N-ethyl adjacent to an activating group) is 1. The lowest BCUT2D eigenvalue weighted by Gasteiger charge is -2.40. The zero-order valence-electron chi connectivity index (χ0n) is 17.7. The molecule has 1 aromatic carbocycles. The number of hydrogen-bond acceptors (Lipinski definition) is 3. The molecule has 1 saturated heterocycles. The van der Waals surface area contributed by atoms with Crippen LogP contribution in [0.1, 0.15) is 61.9 Å². The molecular weight excluding hydrogens is 350 g/mol. The van der Waals surface area contributed by atoms with Crippen LogP contribution in [0.4, 0.5) is 0 Å². The Kier molecular flexibility index (Phi) is 7.11. The van der Waals surface area contributed by atoms with E-state index in [1.165, 1.54) is 24.8 Å². The normalized spacial score (nSPS) is 20.0. The molecule has 0 radical (unpaired) electrons. The van der Waals surface area contributed by atoms with Gasteiger partial charge in [-0.3, -0.25) is 14.5 Å². The van der Waals surface area contributed by atoms with Gasteiger partial charge in [0.2, 0.25) is 5.91 Å². The van der Waals surface area contributed by atoms with Crippen LogP contribution < -0.4 is 0 Å². The molecule has 1 unspecified atom stereocenters. The first-order valence-corrected chi connectivity index (χ1v) is 10.9. The molecule has 1 aromatic rings. The summed E-state index contributed by atoms with van der Waals surface area (Å²) in [5, 5.41) is 0. The van der Waals surface area contributed by atoms with Crippen LogP contribution >= 0.6 is 0 Å². The first kappa shape index (κ1) is 20.8. The predicted octanol–water partition coefficient (Wildman–Crippen LogP) is 3.19. The Morgan fingerprint density at radius 2 is 1.64 bits per heavy atom. The Labute approximate surface area is 169 Å². The van der Waals surface area contributed by atoms with Gasteiger partial charge in [-0.25, -0.2) is 0 Å². The molecule has 1 atom stereocenters. The maximum absolute atomic E-state index is 12.9. The van der Waals surface area contributed by atoms with Crippen LogP contribution in [0.15, 0.2) is 24.3 Å². The summed E-state index contributed by atoms with van der Waals surface area (Å²) >= 11 is 0. The molecule has 1 aliphatic carbocycles. The quantitative estimate of drug-likeness (QED) is 0.782. The molecule has 0 spiro atoms. The van der Waals surface area contributed by atoms with Crippen molar-refractivity contribution >= 4 is 11.8 Å². The molecule has 1 heterocycles. The highest BCUT2D eigenvalue weighted by Crippen LogP contribution is 2.23. The van der Waals surface area contributed by atoms with Crippen molar-refractivity contribution in [2.24, 2.45) is 0 Å². The minimum Gasteiger partial charge on any atom is -0.341 e. The van der Waals surface area contributed by atoms with Gasteiger partial charge in [0.05, 0.1) is 6.04 Å². The molecule has 154 valence electrons. The van der Waals surface area contributed by atoms with Crippen molar-refractivity contribution in [3.63, 3.8) is 0 Å². The number of carbonyl (C=O) groups excluding carboxylic acids is 2. The standard InChI is InChI=1S/C23H35N3O2/c1-4-19-10-12-20(13-11-19)23(28)26-16-14-25(15-17-26)18(2)22(27)24(3)21-8-6-5-7-9-21/h10-13,18,21H,4-9,14-17H2,1-3H3. The van der Waals surface area contributed by atoms with E-state index in [1.807, 2.05) is 48.0 Å². The maximum Gasteiger partial charge on any atom is 0.253 e. The van der Waals surface area contributed by atoms with Gasteiger partial charge in [0.15, 0.2) is 0 Å². The summed E-state index contributed by atoms with van der Waals surface area (Å²) in [5.74, 6) is 0.322. The van der Waals surface area contributed by atoms with E-state index in [-0.39, 0.29) is 17.9 Å². The summed E-state index contributed by atoms with van der Waals surface area (Å²) in [6.07, 6.45) is 7.01. The molecule has 3 rings (SSSR count). The zero-order valence-corrected chi connectivity index (χ0v) is 17.7. The van der Waals surface area contributed by atoms with Crippen molar-refractivity contribution in [3.8, 4) is 0 Å². The van der Waals surface area contributed by atoms with Crippen LogP contribution in [0, 0.1) is 0 Å². The molecule has 5 nitrogen and oxygen atoms in total. The summed E-state index contributed by atoms with van der Waals surface area (Å²) in [6.45, 7) is 7.00. The number of aryl methyl sites for hydroxylation is 1. The lowest BCUT2D eigenvalue weighted by molar-refractivity contribution is -0.138. The first-order valence-electron chi connectivity index (χ1n) is 10.9. The molecule has 0 N–H and O–H groups in total. The Hall–Kier alpha value is -1.88. The van der Waals surface area contributed by atoms with Crippen LogP contribution in [0.3, 0.4) is 0 Å². The van der Waals surface area contributed by atoms with E-state index in [4.69, 9.17) is 0 Å². The average molecular weight is 386 g/mol. The molecule has 2 fully saturated rings. The third kappa shape index (κ3) is 4.75. The SMILES string of the molecule is CCc1ccc(C(=O)N2CCN(C(C)C(=O)N(C)C3CCCCC3)CC2)cc1. The van der Waals surface area contributed by atoms with Crippen LogP contribution in [0.25, 0.3) is 0 Å². The highest BCUT2D eigenvalue weighted by atomic mass is 16.2. The van der Waals surface area contributed by atoms with Gasteiger partial charge in [-0.15, -0.1) is 0 Å². The van der Waals surface area contributed by atoms with Gasteiger partial charge in [-0.05, 0) is 43.9 Å². The number of hydrogen-bond donors (Lipinski definition) is 0. The molecule has 0 aromatic heterocycles. The highest BCUT2D eigenvalue weighted by molar-refractivity contribution is 5.94. The summed E-state index contributed by atoms with van der Waals surface area (Å²) in [5.41, 5.74) is 2.00. The predicted molar refractivity (Wildman–Crippen MR) is 112 cm³/mol. The monoisotopic (exact) mass is 385 g/mol. The van der Waals surface area contributed by atoms with E-state index in [2.05, 4.69) is 11.8 Å². The molecule has 0 bridgehead atoms. The Morgan fingerprint density at radius 1 is 1.04 bits per heavy atom. The number of nitrogens with zero attached hydrogens (tertiary/aromatic N) is 3. The lowest BCUT2D eigenvalue weighted by atomic mass is 9.94. The van der Waals surface area contributed by atoms with Crippen molar-refractivity contribution in [1.29, 1.82) is 0 Å². The van der Waals surface area contributed by atoms with E-state index in [0.717, 1.165) is 37.9 Å². The third-order valence-corrected chi connectivity index (χ3v) is 6.59. The van der Waals surface area contributed by atoms with Gasteiger partial charge < -0.3 is 9.80 Å². The lowest BCUT2D eigenvalue weighted by Crippen LogP contribution is -2.56. The first-order chi connectivity index (χ1) is 13.5. The van der Waals surface area contributed by atoms with Gasteiger partial charge in [-0.1, -0.05) is 38.3 Å². The van der Waals surface area contributed by atoms with Gasteiger partial charge in [0.25, 0.3) is 5.91 Å². The highest BCUT2D eigenvalue weighted by Gasteiger charge is 2.31. The van der Waals surface area contributed by atoms with Crippen LogP contribution in [-0.4, -0.2) is 71.8 Å². The number of benzene rings is 1. The summed E-state index contributed by atoms with van der Waals surface area (Å²) in [6, 6.07) is 8.21. The van der Waals surface area contributed by atoms with E-state index in [9.17, 15) is 9.59 Å². The number of piperazine rings is 1. The second-order valence-electron chi connectivity index (χ2n) is 8.30. The number of rotatable bonds is 5. The van der Waals surface area contributed by atoms with E-state index < -0.39 is 0 Å². The van der Waals surface area contributed by atoms with E-state index in [0.29, 0.717) is 19.1 Å². The van der Waals surface area contributed by atoms with Crippen molar-refractivity contribution in [1.82, 2.24) is 14.7 Å². The minimum atomic E-state index is -0.118. The molecule has 2 amide bonds. The van der Waals surface area contributed by atoms with Crippen LogP contribution in [-0.2, 0) is 11.2 Å². The average Bonchev–Trinajstić information content (AvgIpc) is 2.78. The fourth-order valence-electron chi connectivity index (χ4n) is 4.48. The van der Waals surface area contributed by atoms with Crippen molar-refractivity contribution in [2.45, 2.75) is 64.5 Å². The Balaban J connectivity index is 1.52. The molecule has 2 aliphatic rings. The van der Waals surface area contributed by atoms with Gasteiger partial charge in [-0.2, -0.15) is 0 Å². The largest absolute Gasteiger partial charge is 0.341 e. The van der Waals surface area contributed by atoms with Crippen LogP contribution in [0.5, 0.6) is 0 Å². The molecular formula is C23H35N3O2. The maximum atomic E-state index is 12.9. The Morgan fingerprint density at radius 3 is 2.21 bits per heavy atom. The summed E-state index contributed by atoms with van der Waals surface area (Å²) in [4.78, 5) is 31.8. The van der Waals surface area contributed by atoms with Gasteiger partial charge in [0, 0.05) is 44.8 Å². The van der Waals surface area contributed by atoms with Crippen LogP contribution in [0.2, 0.25) is 0 Å². The Bertz CT molecular complexity index is 659. The number of carbonyl (C=O) groups is 2. The second-order valence-corrected chi connectivity index (χ2v) is 8.30. The van der Waals surface area contributed by atoms with Crippen molar-refractivity contribution < 1.29 is 9.59 Å². The number of amides is 2. The minimum absolute atomic E-state index is 0.0978. The van der Waals surface area contributed by atoms with E-state index in [1.54, 1.807) is 0 Å². The molecule has 28 heavy (non-hydrogen) atoms. The molecule has 1 saturated carbocycles. The smallest absolute Gasteiger partial charge is 0.253 e. The second kappa shape index (κ2) is 9.55. The van der Waals surface area contributed by atoms with Gasteiger partial charge >= 0.3 is 0 Å². The van der Waals surface area contributed by atoms with Gasteiger partial charge in [0.1, 0.15) is 0 Å². The topological polar surface area (TPSA) is 43.9 Å². The third-order valence-electron chi connectivity index (χ3n) is 6.59. The van der Waals surface area contributed by atoms with Crippen molar-refractivity contribution in [3.05, 3.63) is 35.4 Å². The molecule has 5 heteroatoms. The summed E-state index contributed by atoms with van der Waals surface area (Å²) in [7, 11) is 1.97. The van der Waals surface area contributed by atoms with Crippen molar-refractivity contribution in [2.75, 3.05) is 33.2 Å². The summed E-state index contributed by atoms with van der Waals surface area (Å²) < 4.78 is 0. The fraction of sp³-hybridized carbons (Fsp3) is 0.652. The van der Waals surface area contributed by atoms with E-state index >= 15 is 0 Å². The zero-order chi connectivity index (χ0) is 20.1. The fourth-order valence-corrected chi connectivity index (χ4v) is 4.48. The molecule has 1 aliphatic heterocycles.